The van der Waals surface area contributed by atoms with Crippen LogP contribution in [0.2, 0.25) is 0 Å². The van der Waals surface area contributed by atoms with E-state index < -0.39 is 5.97 Å². The standard InChI is InChI=1S/C12H21NO3/c13-6-2-10(11(14)15)9-3-7-16-12(8-9)4-1-5-12/h9-10H,1-8,13H2,(H,14,15). The third kappa shape index (κ3) is 2.23. The fraction of sp³-hybridized carbons (Fsp3) is 0.917. The van der Waals surface area contributed by atoms with Gasteiger partial charge in [-0.05, 0) is 51.0 Å². The van der Waals surface area contributed by atoms with Gasteiger partial charge >= 0.3 is 5.97 Å². The summed E-state index contributed by atoms with van der Waals surface area (Å²) in [7, 11) is 0. The van der Waals surface area contributed by atoms with E-state index in [-0.39, 0.29) is 17.4 Å². The van der Waals surface area contributed by atoms with Gasteiger partial charge in [-0.2, -0.15) is 0 Å². The van der Waals surface area contributed by atoms with Crippen LogP contribution in [0.5, 0.6) is 0 Å². The molecule has 3 N–H and O–H groups in total. The molecule has 0 radical (unpaired) electrons. The van der Waals surface area contributed by atoms with Crippen LogP contribution in [0.3, 0.4) is 0 Å². The van der Waals surface area contributed by atoms with E-state index in [1.54, 1.807) is 0 Å². The van der Waals surface area contributed by atoms with Crippen LogP contribution in [0, 0.1) is 11.8 Å². The van der Waals surface area contributed by atoms with Crippen molar-refractivity contribution in [1.82, 2.24) is 0 Å². The van der Waals surface area contributed by atoms with Crippen LogP contribution >= 0.6 is 0 Å². The lowest BCUT2D eigenvalue weighted by Crippen LogP contribution is -2.47. The van der Waals surface area contributed by atoms with E-state index in [2.05, 4.69) is 0 Å². The predicted octanol–water partition coefficient (Wildman–Crippen LogP) is 1.39. The Bertz CT molecular complexity index is 263. The highest BCUT2D eigenvalue weighted by molar-refractivity contribution is 5.70. The van der Waals surface area contributed by atoms with Crippen molar-refractivity contribution in [3.05, 3.63) is 0 Å². The molecule has 2 atom stereocenters. The largest absolute Gasteiger partial charge is 0.481 e. The second-order valence-electron chi connectivity index (χ2n) is 5.16. The molecule has 4 nitrogen and oxygen atoms in total. The highest BCUT2D eigenvalue weighted by Gasteiger charge is 2.45. The van der Waals surface area contributed by atoms with Crippen LogP contribution in [-0.2, 0) is 9.53 Å². The molecule has 16 heavy (non-hydrogen) atoms. The number of ether oxygens (including phenoxy) is 1. The number of rotatable bonds is 4. The topological polar surface area (TPSA) is 72.6 Å². The summed E-state index contributed by atoms with van der Waals surface area (Å²) in [5.41, 5.74) is 5.53. The molecule has 2 fully saturated rings. The zero-order valence-corrected chi connectivity index (χ0v) is 9.65. The van der Waals surface area contributed by atoms with Crippen LogP contribution in [0.15, 0.2) is 0 Å². The van der Waals surface area contributed by atoms with Gasteiger partial charge in [0.05, 0.1) is 11.5 Å². The molecule has 1 aliphatic carbocycles. The molecule has 0 aromatic rings. The minimum absolute atomic E-state index is 0.0330. The molecular weight excluding hydrogens is 206 g/mol. The minimum atomic E-state index is -0.688. The van der Waals surface area contributed by atoms with E-state index in [0.717, 1.165) is 32.3 Å². The van der Waals surface area contributed by atoms with Crippen molar-refractivity contribution in [2.24, 2.45) is 17.6 Å². The number of nitrogens with two attached hydrogens (primary N) is 1. The summed E-state index contributed by atoms with van der Waals surface area (Å²) >= 11 is 0. The first kappa shape index (κ1) is 11.9. The molecule has 0 aromatic heterocycles. The fourth-order valence-electron chi connectivity index (χ4n) is 3.07. The minimum Gasteiger partial charge on any atom is -0.481 e. The third-order valence-electron chi connectivity index (χ3n) is 4.16. The van der Waals surface area contributed by atoms with E-state index in [1.165, 1.54) is 6.42 Å². The van der Waals surface area contributed by atoms with Gasteiger partial charge in [0.1, 0.15) is 0 Å². The summed E-state index contributed by atoms with van der Waals surface area (Å²) in [5.74, 6) is -0.701. The van der Waals surface area contributed by atoms with Crippen LogP contribution in [0.1, 0.15) is 38.5 Å². The van der Waals surface area contributed by atoms with Crippen molar-refractivity contribution in [3.8, 4) is 0 Å². The van der Waals surface area contributed by atoms with Crippen molar-refractivity contribution in [2.75, 3.05) is 13.2 Å². The monoisotopic (exact) mass is 227 g/mol. The van der Waals surface area contributed by atoms with E-state index >= 15 is 0 Å². The predicted molar refractivity (Wildman–Crippen MR) is 60.1 cm³/mol. The maximum atomic E-state index is 11.2. The highest BCUT2D eigenvalue weighted by atomic mass is 16.5. The van der Waals surface area contributed by atoms with Crippen molar-refractivity contribution < 1.29 is 14.6 Å². The molecule has 0 bridgehead atoms. The quantitative estimate of drug-likeness (QED) is 0.761. The second kappa shape index (κ2) is 4.72. The Morgan fingerprint density at radius 3 is 2.81 bits per heavy atom. The molecule has 2 unspecified atom stereocenters. The number of hydrogen-bond donors (Lipinski definition) is 2. The summed E-state index contributed by atoms with van der Waals surface area (Å²) < 4.78 is 5.82. The summed E-state index contributed by atoms with van der Waals surface area (Å²) in [6.45, 7) is 1.18. The van der Waals surface area contributed by atoms with Gasteiger partial charge in [0.15, 0.2) is 0 Å². The molecule has 0 amide bonds. The Kier molecular flexibility index (Phi) is 3.50. The van der Waals surface area contributed by atoms with E-state index in [0.29, 0.717) is 13.0 Å². The fourth-order valence-corrected chi connectivity index (χ4v) is 3.07. The molecule has 4 heteroatoms. The van der Waals surface area contributed by atoms with Gasteiger partial charge in [-0.3, -0.25) is 4.79 Å². The zero-order chi connectivity index (χ0) is 11.6. The summed E-state index contributed by atoms with van der Waals surface area (Å²) in [6.07, 6.45) is 5.83. The lowest BCUT2D eigenvalue weighted by molar-refractivity contribution is -0.163. The number of carboxylic acids is 1. The summed E-state index contributed by atoms with van der Waals surface area (Å²) in [5, 5.41) is 9.22. The maximum absolute atomic E-state index is 11.2. The van der Waals surface area contributed by atoms with Crippen molar-refractivity contribution >= 4 is 5.97 Å². The SMILES string of the molecule is NCCC(C(=O)O)C1CCOC2(CCC2)C1. The van der Waals surface area contributed by atoms with Crippen molar-refractivity contribution in [2.45, 2.75) is 44.1 Å². The second-order valence-corrected chi connectivity index (χ2v) is 5.16. The van der Waals surface area contributed by atoms with Gasteiger partial charge in [-0.1, -0.05) is 0 Å². The van der Waals surface area contributed by atoms with Gasteiger partial charge < -0.3 is 15.6 Å². The van der Waals surface area contributed by atoms with Gasteiger partial charge in [0.25, 0.3) is 0 Å². The molecule has 1 spiro atoms. The Morgan fingerprint density at radius 2 is 2.31 bits per heavy atom. The van der Waals surface area contributed by atoms with Crippen LogP contribution in [-0.4, -0.2) is 29.8 Å². The normalized spacial score (nSPS) is 29.7. The number of carboxylic acid groups (broad SMARTS) is 1. The first-order chi connectivity index (χ1) is 7.67. The molecule has 1 aliphatic heterocycles. The molecule has 2 rings (SSSR count). The van der Waals surface area contributed by atoms with Gasteiger partial charge in [0, 0.05) is 6.61 Å². The van der Waals surface area contributed by atoms with Crippen LogP contribution in [0.4, 0.5) is 0 Å². The number of carbonyl (C=O) groups is 1. The van der Waals surface area contributed by atoms with Gasteiger partial charge in [-0.15, -0.1) is 0 Å². The summed E-state index contributed by atoms with van der Waals surface area (Å²) in [4.78, 5) is 11.2. The Labute approximate surface area is 96.2 Å². The molecule has 0 aromatic carbocycles. The maximum Gasteiger partial charge on any atom is 0.306 e. The van der Waals surface area contributed by atoms with Crippen LogP contribution < -0.4 is 5.73 Å². The Hall–Kier alpha value is -0.610. The number of aliphatic carboxylic acids is 1. The zero-order valence-electron chi connectivity index (χ0n) is 9.65. The van der Waals surface area contributed by atoms with E-state index in [1.807, 2.05) is 0 Å². The van der Waals surface area contributed by atoms with Gasteiger partial charge in [-0.25, -0.2) is 0 Å². The molecular formula is C12H21NO3. The van der Waals surface area contributed by atoms with Crippen molar-refractivity contribution in [3.63, 3.8) is 0 Å². The van der Waals surface area contributed by atoms with Gasteiger partial charge in [0.2, 0.25) is 0 Å². The highest BCUT2D eigenvalue weighted by Crippen LogP contribution is 2.46. The molecule has 1 saturated heterocycles. The molecule has 2 aliphatic rings. The number of hydrogen-bond acceptors (Lipinski definition) is 3. The first-order valence-corrected chi connectivity index (χ1v) is 6.24. The lowest BCUT2D eigenvalue weighted by atomic mass is 9.68. The van der Waals surface area contributed by atoms with Crippen LogP contribution in [0.25, 0.3) is 0 Å². The average molecular weight is 227 g/mol. The molecule has 1 heterocycles. The molecule has 1 saturated carbocycles. The average Bonchev–Trinajstić information content (AvgIpc) is 2.23. The lowest BCUT2D eigenvalue weighted by Gasteiger charge is -2.48. The van der Waals surface area contributed by atoms with Crippen molar-refractivity contribution in [1.29, 1.82) is 0 Å². The third-order valence-corrected chi connectivity index (χ3v) is 4.16. The van der Waals surface area contributed by atoms with E-state index in [4.69, 9.17) is 10.5 Å². The van der Waals surface area contributed by atoms with E-state index in [9.17, 15) is 9.90 Å². The summed E-state index contributed by atoms with van der Waals surface area (Å²) in [6, 6.07) is 0. The first-order valence-electron chi connectivity index (χ1n) is 6.24. The Morgan fingerprint density at radius 1 is 1.56 bits per heavy atom. The molecule has 92 valence electrons. The smallest absolute Gasteiger partial charge is 0.306 e. The Balaban J connectivity index is 1.98.